The van der Waals surface area contributed by atoms with Crippen molar-refractivity contribution < 1.29 is 23.4 Å². The van der Waals surface area contributed by atoms with Gasteiger partial charge < -0.3 is 15.6 Å². The smallest absolute Gasteiger partial charge is 0.339 e. The van der Waals surface area contributed by atoms with Crippen LogP contribution < -0.4 is 5.73 Å². The van der Waals surface area contributed by atoms with Gasteiger partial charge in [0.2, 0.25) is 0 Å². The first-order valence-electron chi connectivity index (χ1n) is 2.89. The third-order valence-corrected chi connectivity index (χ3v) is 1.41. The van der Waals surface area contributed by atoms with Gasteiger partial charge in [-0.05, 0) is 11.6 Å². The number of carbonyl (C=O) groups is 1. The molecular weight excluding hydrogens is 196 g/mol. The first-order valence-corrected chi connectivity index (χ1v) is 3.26. The number of methoxy groups -OCH3 is 1. The van der Waals surface area contributed by atoms with Gasteiger partial charge in [0.25, 0.3) is 0 Å². The molecule has 7 heteroatoms. The van der Waals surface area contributed by atoms with Gasteiger partial charge in [0.05, 0.1) is 7.11 Å². The minimum absolute atomic E-state index is 0.935. The Labute approximate surface area is 72.2 Å². The maximum absolute atomic E-state index is 12.1. The third kappa shape index (κ3) is 2.88. The highest BCUT2D eigenvalue weighted by Crippen LogP contribution is 2.24. The van der Waals surface area contributed by atoms with E-state index in [0.717, 1.165) is 7.11 Å². The summed E-state index contributed by atoms with van der Waals surface area (Å²) >= 11 is 4.45. The summed E-state index contributed by atoms with van der Waals surface area (Å²) in [6, 6.07) is -2.17. The van der Waals surface area contributed by atoms with Crippen LogP contribution in [0.5, 0.6) is 0 Å². The molecule has 0 aromatic rings. The molecule has 0 aliphatic carbocycles. The number of nitrogens with two attached hydrogens (primary N) is 1. The summed E-state index contributed by atoms with van der Waals surface area (Å²) in [6.45, 7) is 0. The van der Waals surface area contributed by atoms with E-state index in [4.69, 9.17) is 10.8 Å². The fraction of sp³-hybridized carbons (Fsp3) is 0.800. The summed E-state index contributed by atoms with van der Waals surface area (Å²) < 4.78 is 28.2. The third-order valence-electron chi connectivity index (χ3n) is 1.16. The van der Waals surface area contributed by atoms with E-state index in [1.165, 1.54) is 0 Å². The number of carbonyl (C=O) groups excluding carboxylic acids is 1. The van der Waals surface area contributed by atoms with Crippen molar-refractivity contribution in [2.75, 3.05) is 7.11 Å². The van der Waals surface area contributed by atoms with Crippen LogP contribution in [0.1, 0.15) is 0 Å². The Hall–Kier alpha value is -0.460. The highest BCUT2D eigenvalue weighted by Gasteiger charge is 2.42. The van der Waals surface area contributed by atoms with Gasteiger partial charge in [-0.25, -0.2) is 4.79 Å². The van der Waals surface area contributed by atoms with Gasteiger partial charge >= 0.3 is 11.4 Å². The van der Waals surface area contributed by atoms with Crippen molar-refractivity contribution in [3.63, 3.8) is 0 Å². The molecule has 0 aliphatic heterocycles. The van der Waals surface area contributed by atoms with E-state index in [2.05, 4.69) is 16.3 Å². The summed E-state index contributed by atoms with van der Waals surface area (Å²) in [5.41, 5.74) is 4.74. The van der Waals surface area contributed by atoms with Crippen molar-refractivity contribution in [1.29, 1.82) is 0 Å². The molecule has 0 aliphatic rings. The van der Waals surface area contributed by atoms with Crippen LogP contribution in [-0.2, 0) is 9.53 Å². The van der Waals surface area contributed by atoms with Crippen LogP contribution in [0.15, 0.2) is 0 Å². The predicted molar refractivity (Wildman–Crippen MR) is 36.8 cm³/mol. The van der Waals surface area contributed by atoms with E-state index in [9.17, 15) is 13.6 Å². The van der Waals surface area contributed by atoms with E-state index in [1.54, 1.807) is 0 Å². The molecule has 0 spiro atoms. The van der Waals surface area contributed by atoms with Crippen LogP contribution in [0, 0.1) is 0 Å². The Morgan fingerprint density at radius 3 is 2.42 bits per heavy atom. The van der Waals surface area contributed by atoms with Crippen molar-refractivity contribution in [3.8, 4) is 0 Å². The SMILES string of the molecule is COC(=O)[C@@H](O)[C@H](N)C(F)(F)Cl. The highest BCUT2D eigenvalue weighted by atomic mass is 35.5. The van der Waals surface area contributed by atoms with Crippen LogP contribution in [0.2, 0.25) is 0 Å². The molecule has 0 saturated carbocycles. The van der Waals surface area contributed by atoms with Crippen LogP contribution >= 0.6 is 11.6 Å². The molecule has 72 valence electrons. The summed E-state index contributed by atoms with van der Waals surface area (Å²) in [4.78, 5) is 10.5. The van der Waals surface area contributed by atoms with Crippen molar-refractivity contribution in [2.45, 2.75) is 17.5 Å². The zero-order chi connectivity index (χ0) is 9.94. The number of esters is 1. The van der Waals surface area contributed by atoms with E-state index >= 15 is 0 Å². The van der Waals surface area contributed by atoms with Crippen molar-refractivity contribution >= 4 is 17.6 Å². The van der Waals surface area contributed by atoms with Gasteiger partial charge in [-0.2, -0.15) is 8.78 Å². The maximum atomic E-state index is 12.1. The van der Waals surface area contributed by atoms with Crippen molar-refractivity contribution in [2.24, 2.45) is 5.73 Å². The predicted octanol–water partition coefficient (Wildman–Crippen LogP) is -0.321. The maximum Gasteiger partial charge on any atom is 0.339 e. The summed E-state index contributed by atoms with van der Waals surface area (Å²) in [5, 5.41) is 4.92. The molecule has 0 fully saturated rings. The average Bonchev–Trinajstić information content (AvgIpc) is 1.98. The van der Waals surface area contributed by atoms with E-state index < -0.39 is 23.5 Å². The molecule has 0 amide bonds. The molecule has 0 rings (SSSR count). The first-order chi connectivity index (χ1) is 5.30. The largest absolute Gasteiger partial charge is 0.467 e. The number of aliphatic hydroxyl groups is 1. The lowest BCUT2D eigenvalue weighted by atomic mass is 10.2. The number of rotatable bonds is 3. The summed E-state index contributed by atoms with van der Waals surface area (Å²) in [7, 11) is 0.935. The Kier molecular flexibility index (Phi) is 3.82. The molecule has 0 bridgehead atoms. The lowest BCUT2D eigenvalue weighted by Gasteiger charge is -2.20. The second-order valence-electron chi connectivity index (χ2n) is 2.04. The number of ether oxygens (including phenoxy) is 1. The summed E-state index contributed by atoms with van der Waals surface area (Å²) in [5.74, 6) is -1.25. The van der Waals surface area contributed by atoms with Crippen molar-refractivity contribution in [3.05, 3.63) is 0 Å². The standard InChI is InChI=1S/C5H8ClF2NO3/c1-12-4(11)2(10)3(9)5(6,7)8/h2-3,10H,9H2,1H3/t2-,3-/m0/s1. The number of alkyl halides is 3. The Balaban J connectivity index is 4.29. The van der Waals surface area contributed by atoms with Gasteiger partial charge in [0, 0.05) is 0 Å². The van der Waals surface area contributed by atoms with Crippen LogP contribution in [-0.4, -0.2) is 35.7 Å². The molecule has 0 radical (unpaired) electrons. The highest BCUT2D eigenvalue weighted by molar-refractivity contribution is 6.22. The molecule has 0 unspecified atom stereocenters. The number of hydrogen-bond acceptors (Lipinski definition) is 4. The molecule has 4 nitrogen and oxygen atoms in total. The van der Waals surface area contributed by atoms with E-state index in [1.807, 2.05) is 0 Å². The van der Waals surface area contributed by atoms with Gasteiger partial charge in [-0.15, -0.1) is 0 Å². The second-order valence-corrected chi connectivity index (χ2v) is 2.54. The number of halogens is 3. The molecule has 0 aromatic carbocycles. The monoisotopic (exact) mass is 203 g/mol. The van der Waals surface area contributed by atoms with Crippen LogP contribution in [0.25, 0.3) is 0 Å². The van der Waals surface area contributed by atoms with Crippen molar-refractivity contribution in [1.82, 2.24) is 0 Å². The Morgan fingerprint density at radius 1 is 1.75 bits per heavy atom. The number of hydrogen-bond donors (Lipinski definition) is 2. The lowest BCUT2D eigenvalue weighted by Crippen LogP contribution is -2.50. The second kappa shape index (κ2) is 3.97. The Morgan fingerprint density at radius 2 is 2.17 bits per heavy atom. The molecule has 0 heterocycles. The van der Waals surface area contributed by atoms with Crippen LogP contribution in [0.4, 0.5) is 8.78 Å². The van der Waals surface area contributed by atoms with Gasteiger partial charge in [0.1, 0.15) is 6.04 Å². The fourth-order valence-corrected chi connectivity index (χ4v) is 0.566. The zero-order valence-electron chi connectivity index (χ0n) is 6.13. The lowest BCUT2D eigenvalue weighted by molar-refractivity contribution is -0.154. The zero-order valence-corrected chi connectivity index (χ0v) is 6.89. The normalized spacial score (nSPS) is 16.8. The Bertz CT molecular complexity index is 173. The molecule has 0 saturated heterocycles. The van der Waals surface area contributed by atoms with E-state index in [0.29, 0.717) is 0 Å². The molecule has 12 heavy (non-hydrogen) atoms. The molecule has 3 N–H and O–H groups in total. The summed E-state index contributed by atoms with van der Waals surface area (Å²) in [6.07, 6.45) is -2.12. The first kappa shape index (κ1) is 11.5. The minimum Gasteiger partial charge on any atom is -0.467 e. The van der Waals surface area contributed by atoms with Gasteiger partial charge in [-0.3, -0.25) is 0 Å². The van der Waals surface area contributed by atoms with Gasteiger partial charge in [0.15, 0.2) is 6.10 Å². The quantitative estimate of drug-likeness (QED) is 0.487. The van der Waals surface area contributed by atoms with E-state index in [-0.39, 0.29) is 0 Å². The molecule has 2 atom stereocenters. The number of aliphatic hydroxyl groups excluding tert-OH is 1. The average molecular weight is 204 g/mol. The van der Waals surface area contributed by atoms with Gasteiger partial charge in [-0.1, -0.05) is 0 Å². The molecule has 0 aromatic heterocycles. The molecular formula is C5H8ClF2NO3. The fourth-order valence-electron chi connectivity index (χ4n) is 0.446. The van der Waals surface area contributed by atoms with Crippen LogP contribution in [0.3, 0.4) is 0 Å². The topological polar surface area (TPSA) is 72.5 Å². The minimum atomic E-state index is -3.84.